The molecule has 3 amide bonds. The van der Waals surface area contributed by atoms with E-state index in [1.165, 1.54) is 24.3 Å². The second-order valence-electron chi connectivity index (χ2n) is 9.54. The van der Waals surface area contributed by atoms with Gasteiger partial charge in [0.25, 0.3) is 0 Å². The Labute approximate surface area is 216 Å². The normalized spacial score (nSPS) is 15.1. The predicted octanol–water partition coefficient (Wildman–Crippen LogP) is 0.368. The lowest BCUT2D eigenvalue weighted by Crippen LogP contribution is -2.58. The molecule has 0 fully saturated rings. The van der Waals surface area contributed by atoms with Crippen LogP contribution in [0.5, 0.6) is 5.75 Å². The van der Waals surface area contributed by atoms with Gasteiger partial charge in [0.1, 0.15) is 23.9 Å². The molecular formula is C25H38N4O8. The summed E-state index contributed by atoms with van der Waals surface area (Å²) in [5, 5.41) is 35.6. The van der Waals surface area contributed by atoms with Crippen LogP contribution in [0, 0.1) is 11.8 Å². The number of carboxylic acid groups (broad SMARTS) is 2. The van der Waals surface area contributed by atoms with Gasteiger partial charge in [-0.1, -0.05) is 46.2 Å². The summed E-state index contributed by atoms with van der Waals surface area (Å²) in [5.41, 5.74) is 6.39. The zero-order valence-corrected chi connectivity index (χ0v) is 21.6. The first-order valence-corrected chi connectivity index (χ1v) is 12.1. The minimum atomic E-state index is -1.52. The number of hydrogen-bond donors (Lipinski definition) is 7. The first-order chi connectivity index (χ1) is 17.2. The fourth-order valence-corrected chi connectivity index (χ4v) is 3.56. The van der Waals surface area contributed by atoms with Crippen molar-refractivity contribution in [1.82, 2.24) is 16.0 Å². The van der Waals surface area contributed by atoms with E-state index < -0.39 is 66.2 Å². The standard InChI is InChI=1S/C25H38N4O8/c1-5-14(4)21(25(36)37)29-24(35)18(11-15-6-8-16(30)9-7-15)28-23(34)19(12-20(31)32)27-22(33)17(26)10-13(2)3/h6-9,13-14,17-19,21,30H,5,10-12,26H2,1-4H3,(H,27,33)(H,28,34)(H,29,35)(H,31,32)(H,36,37). The van der Waals surface area contributed by atoms with E-state index in [4.69, 9.17) is 5.73 Å². The molecule has 12 nitrogen and oxygen atoms in total. The van der Waals surface area contributed by atoms with E-state index in [-0.39, 0.29) is 18.1 Å². The molecule has 0 spiro atoms. The van der Waals surface area contributed by atoms with Crippen molar-refractivity contribution in [1.29, 1.82) is 0 Å². The molecule has 8 N–H and O–H groups in total. The summed E-state index contributed by atoms with van der Waals surface area (Å²) >= 11 is 0. The van der Waals surface area contributed by atoms with Crippen LogP contribution in [0.1, 0.15) is 52.5 Å². The Bertz CT molecular complexity index is 951. The Hall–Kier alpha value is -3.67. The number of rotatable bonds is 15. The van der Waals surface area contributed by atoms with E-state index in [0.29, 0.717) is 18.4 Å². The van der Waals surface area contributed by atoms with Crippen LogP contribution in [0.2, 0.25) is 0 Å². The SMILES string of the molecule is CCC(C)C(NC(=O)C(Cc1ccc(O)cc1)NC(=O)C(CC(=O)O)NC(=O)C(N)CC(C)C)C(=O)O. The minimum absolute atomic E-state index is 0.0153. The Kier molecular flexibility index (Phi) is 12.5. The van der Waals surface area contributed by atoms with Crippen LogP contribution in [0.4, 0.5) is 0 Å². The molecule has 5 atom stereocenters. The van der Waals surface area contributed by atoms with Crippen molar-refractivity contribution in [3.8, 4) is 5.75 Å². The molecule has 206 valence electrons. The van der Waals surface area contributed by atoms with Crippen molar-refractivity contribution in [3.63, 3.8) is 0 Å². The lowest BCUT2D eigenvalue weighted by atomic mass is 9.98. The van der Waals surface area contributed by atoms with Gasteiger partial charge < -0.3 is 37.0 Å². The van der Waals surface area contributed by atoms with Gasteiger partial charge in [0.05, 0.1) is 12.5 Å². The van der Waals surface area contributed by atoms with Crippen LogP contribution in [0.3, 0.4) is 0 Å². The molecule has 0 aliphatic rings. The first kappa shape index (κ1) is 31.4. The van der Waals surface area contributed by atoms with E-state index >= 15 is 0 Å². The molecule has 0 aromatic heterocycles. The molecule has 0 aliphatic heterocycles. The maximum absolute atomic E-state index is 13.1. The summed E-state index contributed by atoms with van der Waals surface area (Å²) in [4.78, 5) is 61.7. The summed E-state index contributed by atoms with van der Waals surface area (Å²) in [5.74, 6) is -5.40. The van der Waals surface area contributed by atoms with Crippen LogP contribution in [0.15, 0.2) is 24.3 Å². The number of hydrogen-bond acceptors (Lipinski definition) is 7. The van der Waals surface area contributed by atoms with Gasteiger partial charge >= 0.3 is 11.9 Å². The Morgan fingerprint density at radius 1 is 0.865 bits per heavy atom. The highest BCUT2D eigenvalue weighted by molar-refractivity contribution is 5.95. The van der Waals surface area contributed by atoms with Crippen molar-refractivity contribution in [2.24, 2.45) is 17.6 Å². The predicted molar refractivity (Wildman–Crippen MR) is 134 cm³/mol. The number of aromatic hydroxyl groups is 1. The topological polar surface area (TPSA) is 208 Å². The third-order valence-electron chi connectivity index (χ3n) is 5.86. The average Bonchev–Trinajstić information content (AvgIpc) is 2.81. The molecule has 1 rings (SSSR count). The number of carbonyl (C=O) groups is 5. The zero-order valence-electron chi connectivity index (χ0n) is 21.6. The first-order valence-electron chi connectivity index (χ1n) is 12.1. The number of benzene rings is 1. The van der Waals surface area contributed by atoms with Crippen LogP contribution in [-0.2, 0) is 30.4 Å². The third-order valence-corrected chi connectivity index (χ3v) is 5.86. The number of phenols is 1. The quantitative estimate of drug-likeness (QED) is 0.169. The Balaban J connectivity index is 3.19. The van der Waals surface area contributed by atoms with Crippen LogP contribution in [0.25, 0.3) is 0 Å². The van der Waals surface area contributed by atoms with Gasteiger partial charge in [0, 0.05) is 6.42 Å². The highest BCUT2D eigenvalue weighted by atomic mass is 16.4. The molecular weight excluding hydrogens is 484 g/mol. The smallest absolute Gasteiger partial charge is 0.326 e. The summed E-state index contributed by atoms with van der Waals surface area (Å²) in [6.07, 6.45) is -0.0731. The summed E-state index contributed by atoms with van der Waals surface area (Å²) in [6, 6.07) is 0.791. The highest BCUT2D eigenvalue weighted by Gasteiger charge is 2.33. The van der Waals surface area contributed by atoms with E-state index in [2.05, 4.69) is 16.0 Å². The number of aliphatic carboxylic acids is 2. The molecule has 0 heterocycles. The maximum Gasteiger partial charge on any atom is 0.326 e. The van der Waals surface area contributed by atoms with Crippen molar-refractivity contribution in [3.05, 3.63) is 29.8 Å². The maximum atomic E-state index is 13.1. The van der Waals surface area contributed by atoms with Crippen LogP contribution in [-0.4, -0.2) is 69.1 Å². The number of nitrogens with two attached hydrogens (primary N) is 1. The molecule has 37 heavy (non-hydrogen) atoms. The van der Waals surface area contributed by atoms with E-state index in [1.54, 1.807) is 13.8 Å². The van der Waals surface area contributed by atoms with Gasteiger partial charge in [-0.15, -0.1) is 0 Å². The Morgan fingerprint density at radius 3 is 1.89 bits per heavy atom. The van der Waals surface area contributed by atoms with Crippen LogP contribution >= 0.6 is 0 Å². The number of carbonyl (C=O) groups excluding carboxylic acids is 3. The van der Waals surface area contributed by atoms with Crippen LogP contribution < -0.4 is 21.7 Å². The van der Waals surface area contributed by atoms with Gasteiger partial charge in [0.15, 0.2) is 0 Å². The monoisotopic (exact) mass is 522 g/mol. The molecule has 0 radical (unpaired) electrons. The molecule has 1 aromatic rings. The molecule has 0 aliphatic carbocycles. The van der Waals surface area contributed by atoms with Gasteiger partial charge in [-0.05, 0) is 36.0 Å². The Morgan fingerprint density at radius 2 is 1.41 bits per heavy atom. The minimum Gasteiger partial charge on any atom is -0.508 e. The highest BCUT2D eigenvalue weighted by Crippen LogP contribution is 2.13. The van der Waals surface area contributed by atoms with Gasteiger partial charge in [-0.25, -0.2) is 4.79 Å². The lowest BCUT2D eigenvalue weighted by molar-refractivity contribution is -0.144. The molecule has 12 heteroatoms. The largest absolute Gasteiger partial charge is 0.508 e. The van der Waals surface area contributed by atoms with Crippen molar-refractivity contribution in [2.45, 2.75) is 77.5 Å². The van der Waals surface area contributed by atoms with Gasteiger partial charge in [-0.2, -0.15) is 0 Å². The number of phenolic OH excluding ortho intramolecular Hbond substituents is 1. The van der Waals surface area contributed by atoms with Crippen molar-refractivity contribution >= 4 is 29.7 Å². The zero-order chi connectivity index (χ0) is 28.3. The van der Waals surface area contributed by atoms with Gasteiger partial charge in [0.2, 0.25) is 17.7 Å². The average molecular weight is 523 g/mol. The number of nitrogens with one attached hydrogen (secondary N) is 3. The summed E-state index contributed by atoms with van der Waals surface area (Å²) in [7, 11) is 0. The number of amides is 3. The summed E-state index contributed by atoms with van der Waals surface area (Å²) < 4.78 is 0. The summed E-state index contributed by atoms with van der Waals surface area (Å²) in [6.45, 7) is 7.13. The molecule has 0 saturated heterocycles. The molecule has 1 aromatic carbocycles. The fraction of sp³-hybridized carbons (Fsp3) is 0.560. The molecule has 0 saturated carbocycles. The third kappa shape index (κ3) is 10.9. The van der Waals surface area contributed by atoms with Gasteiger partial charge in [-0.3, -0.25) is 19.2 Å². The fourth-order valence-electron chi connectivity index (χ4n) is 3.56. The second kappa shape index (κ2) is 14.8. The van der Waals surface area contributed by atoms with E-state index in [9.17, 15) is 39.3 Å². The molecule has 5 unspecified atom stereocenters. The second-order valence-corrected chi connectivity index (χ2v) is 9.54. The van der Waals surface area contributed by atoms with E-state index in [0.717, 1.165) is 0 Å². The van der Waals surface area contributed by atoms with Crippen molar-refractivity contribution in [2.75, 3.05) is 0 Å². The number of carboxylic acids is 2. The molecule has 0 bridgehead atoms. The van der Waals surface area contributed by atoms with Crippen molar-refractivity contribution < 1.29 is 39.3 Å². The van der Waals surface area contributed by atoms with E-state index in [1.807, 2.05) is 13.8 Å². The lowest BCUT2D eigenvalue weighted by Gasteiger charge is -2.26.